The van der Waals surface area contributed by atoms with E-state index in [0.29, 0.717) is 42.4 Å². The van der Waals surface area contributed by atoms with E-state index in [1.165, 1.54) is 18.3 Å². The van der Waals surface area contributed by atoms with Crippen molar-refractivity contribution in [1.29, 1.82) is 0 Å². The topological polar surface area (TPSA) is 88.7 Å². The lowest BCUT2D eigenvalue weighted by atomic mass is 10.0. The molecular weight excluding hydrogens is 377 g/mol. The number of halogens is 1. The van der Waals surface area contributed by atoms with Crippen LogP contribution in [0.2, 0.25) is 0 Å². The Balaban J connectivity index is 1.52. The number of fused-ring (bicyclic) bond motifs is 1. The number of aromatic nitrogens is 2. The predicted molar refractivity (Wildman–Crippen MR) is 102 cm³/mol. The van der Waals surface area contributed by atoms with Crippen LogP contribution in [0.25, 0.3) is 11.3 Å². The molecule has 8 heteroatoms. The van der Waals surface area contributed by atoms with E-state index < -0.39 is 0 Å². The molecule has 0 unspecified atom stereocenters. The molecule has 1 aliphatic rings. The molecule has 0 bridgehead atoms. The Morgan fingerprint density at radius 2 is 2.10 bits per heavy atom. The first kappa shape index (κ1) is 19.1. The maximum atomic E-state index is 13.2. The average Bonchev–Trinajstić information content (AvgIpc) is 3.09. The molecule has 0 spiro atoms. The first-order valence-corrected chi connectivity index (χ1v) is 9.29. The number of hydrogen-bond donors (Lipinski definition) is 1. The minimum Gasteiger partial charge on any atom is -0.473 e. The highest BCUT2D eigenvalue weighted by Crippen LogP contribution is 2.27. The summed E-state index contributed by atoms with van der Waals surface area (Å²) in [6.07, 6.45) is 2.19. The second kappa shape index (κ2) is 8.00. The zero-order valence-corrected chi connectivity index (χ0v) is 15.9. The highest BCUT2D eigenvalue weighted by molar-refractivity contribution is 5.96. The van der Waals surface area contributed by atoms with Gasteiger partial charge in [0.2, 0.25) is 5.88 Å². The predicted octanol–water partition coefficient (Wildman–Crippen LogP) is 2.75. The number of carbonyl (C=O) groups is 1. The Kier molecular flexibility index (Phi) is 5.26. The van der Waals surface area contributed by atoms with Crippen molar-refractivity contribution < 1.29 is 23.6 Å². The van der Waals surface area contributed by atoms with E-state index >= 15 is 0 Å². The van der Waals surface area contributed by atoms with E-state index in [9.17, 15) is 9.18 Å². The molecular formula is C21H20FN3O4. The SMILES string of the molecule is Cc1onc(-c2ccc(F)cc2)c1COc1cc2c(cn1)C(=O)N(CCO)CC2. The van der Waals surface area contributed by atoms with Gasteiger partial charge in [0.15, 0.2) is 0 Å². The summed E-state index contributed by atoms with van der Waals surface area (Å²) >= 11 is 0. The van der Waals surface area contributed by atoms with Crippen LogP contribution in [0.5, 0.6) is 5.88 Å². The van der Waals surface area contributed by atoms with Crippen LogP contribution in [0.4, 0.5) is 4.39 Å². The van der Waals surface area contributed by atoms with Crippen LogP contribution >= 0.6 is 0 Å². The van der Waals surface area contributed by atoms with Crippen LogP contribution in [-0.2, 0) is 13.0 Å². The van der Waals surface area contributed by atoms with E-state index in [0.717, 1.165) is 16.7 Å². The smallest absolute Gasteiger partial charge is 0.255 e. The third-order valence-electron chi connectivity index (χ3n) is 4.97. The number of benzene rings is 1. The van der Waals surface area contributed by atoms with E-state index in [2.05, 4.69) is 10.1 Å². The summed E-state index contributed by atoms with van der Waals surface area (Å²) in [5.41, 5.74) is 3.48. The molecule has 0 atom stereocenters. The lowest BCUT2D eigenvalue weighted by Gasteiger charge is -2.27. The zero-order valence-electron chi connectivity index (χ0n) is 15.9. The Labute approximate surface area is 166 Å². The van der Waals surface area contributed by atoms with E-state index in [-0.39, 0.29) is 24.9 Å². The maximum Gasteiger partial charge on any atom is 0.255 e. The molecule has 7 nitrogen and oxygen atoms in total. The van der Waals surface area contributed by atoms with Crippen molar-refractivity contribution in [3.8, 4) is 17.1 Å². The normalized spacial score (nSPS) is 13.5. The van der Waals surface area contributed by atoms with Gasteiger partial charge in [-0.2, -0.15) is 0 Å². The van der Waals surface area contributed by atoms with Crippen molar-refractivity contribution in [2.45, 2.75) is 20.0 Å². The van der Waals surface area contributed by atoms with Gasteiger partial charge in [-0.25, -0.2) is 9.37 Å². The van der Waals surface area contributed by atoms with Gasteiger partial charge in [-0.05, 0) is 43.2 Å². The van der Waals surface area contributed by atoms with Gasteiger partial charge in [-0.15, -0.1) is 0 Å². The van der Waals surface area contributed by atoms with Crippen molar-refractivity contribution in [1.82, 2.24) is 15.0 Å². The minimum absolute atomic E-state index is 0.0653. The van der Waals surface area contributed by atoms with Crippen molar-refractivity contribution >= 4 is 5.91 Å². The second-order valence-corrected chi connectivity index (χ2v) is 6.81. The summed E-state index contributed by atoms with van der Waals surface area (Å²) in [5.74, 6) is 0.555. The number of rotatable bonds is 6. The second-order valence-electron chi connectivity index (χ2n) is 6.81. The number of aliphatic hydroxyl groups is 1. The van der Waals surface area contributed by atoms with Gasteiger partial charge in [-0.3, -0.25) is 4.79 Å². The summed E-state index contributed by atoms with van der Waals surface area (Å²) in [6, 6.07) is 7.77. The van der Waals surface area contributed by atoms with Crippen molar-refractivity contribution in [3.63, 3.8) is 0 Å². The average molecular weight is 397 g/mol. The molecule has 3 aromatic rings. The van der Waals surface area contributed by atoms with E-state index in [1.807, 2.05) is 0 Å². The lowest BCUT2D eigenvalue weighted by Crippen LogP contribution is -2.39. The Morgan fingerprint density at radius 1 is 1.31 bits per heavy atom. The number of carbonyl (C=O) groups excluding carboxylic acids is 1. The quantitative estimate of drug-likeness (QED) is 0.688. The van der Waals surface area contributed by atoms with Crippen molar-refractivity contribution in [3.05, 3.63) is 64.8 Å². The van der Waals surface area contributed by atoms with Crippen molar-refractivity contribution in [2.75, 3.05) is 19.7 Å². The van der Waals surface area contributed by atoms with E-state index in [4.69, 9.17) is 14.4 Å². The molecule has 3 heterocycles. The van der Waals surface area contributed by atoms with Crippen molar-refractivity contribution in [2.24, 2.45) is 0 Å². The van der Waals surface area contributed by atoms with E-state index in [1.54, 1.807) is 30.0 Å². The number of ether oxygens (including phenoxy) is 1. The molecule has 1 aliphatic heterocycles. The van der Waals surface area contributed by atoms with Gasteiger partial charge in [-0.1, -0.05) is 5.16 Å². The number of nitrogens with zero attached hydrogens (tertiary/aromatic N) is 3. The fourth-order valence-corrected chi connectivity index (χ4v) is 3.36. The molecule has 150 valence electrons. The fraction of sp³-hybridized carbons (Fsp3) is 0.286. The summed E-state index contributed by atoms with van der Waals surface area (Å²) in [4.78, 5) is 18.3. The number of amides is 1. The highest BCUT2D eigenvalue weighted by Gasteiger charge is 2.25. The molecule has 0 radical (unpaired) electrons. The number of hydrogen-bond acceptors (Lipinski definition) is 6. The summed E-state index contributed by atoms with van der Waals surface area (Å²) in [5, 5.41) is 13.1. The number of aliphatic hydroxyl groups excluding tert-OH is 1. The largest absolute Gasteiger partial charge is 0.473 e. The Hall–Kier alpha value is -3.26. The van der Waals surface area contributed by atoms with Crippen LogP contribution < -0.4 is 4.74 Å². The third-order valence-corrected chi connectivity index (χ3v) is 4.97. The standard InChI is InChI=1S/C21H20FN3O4/c1-13-18(20(24-29-13)14-2-4-16(22)5-3-14)12-28-19-10-15-6-7-25(8-9-26)21(27)17(15)11-23-19/h2-5,10-11,26H,6-9,12H2,1H3. The molecule has 29 heavy (non-hydrogen) atoms. The summed E-state index contributed by atoms with van der Waals surface area (Å²) in [7, 11) is 0. The Morgan fingerprint density at radius 3 is 2.86 bits per heavy atom. The van der Waals surface area contributed by atoms with Gasteiger partial charge in [0.1, 0.15) is 23.9 Å². The van der Waals surface area contributed by atoms with Crippen LogP contribution in [-0.4, -0.2) is 45.8 Å². The monoisotopic (exact) mass is 397 g/mol. The molecule has 0 saturated carbocycles. The van der Waals surface area contributed by atoms with Gasteiger partial charge in [0.25, 0.3) is 5.91 Å². The zero-order chi connectivity index (χ0) is 20.4. The minimum atomic E-state index is -0.322. The van der Waals surface area contributed by atoms with Crippen LogP contribution in [0.3, 0.4) is 0 Å². The van der Waals surface area contributed by atoms with Gasteiger partial charge in [0.05, 0.1) is 17.7 Å². The van der Waals surface area contributed by atoms with Crippen LogP contribution in [0.1, 0.15) is 27.2 Å². The number of aryl methyl sites for hydroxylation is 1. The van der Waals surface area contributed by atoms with Crippen LogP contribution in [0.15, 0.2) is 41.1 Å². The molecule has 1 N–H and O–H groups in total. The molecule has 0 aliphatic carbocycles. The lowest BCUT2D eigenvalue weighted by molar-refractivity contribution is 0.0704. The first-order chi connectivity index (χ1) is 14.1. The third kappa shape index (κ3) is 3.84. The van der Waals surface area contributed by atoms with Crippen LogP contribution in [0, 0.1) is 12.7 Å². The molecule has 4 rings (SSSR count). The molecule has 2 aromatic heterocycles. The molecule has 1 amide bonds. The Bertz CT molecular complexity index is 1030. The highest BCUT2D eigenvalue weighted by atomic mass is 19.1. The van der Waals surface area contributed by atoms with Gasteiger partial charge < -0.3 is 19.3 Å². The maximum absolute atomic E-state index is 13.2. The summed E-state index contributed by atoms with van der Waals surface area (Å²) in [6.45, 7) is 2.76. The molecule has 1 aromatic carbocycles. The van der Waals surface area contributed by atoms with Gasteiger partial charge in [0, 0.05) is 30.9 Å². The molecule has 0 fully saturated rings. The molecule has 0 saturated heterocycles. The fourth-order valence-electron chi connectivity index (χ4n) is 3.36. The summed E-state index contributed by atoms with van der Waals surface area (Å²) < 4.78 is 24.3. The first-order valence-electron chi connectivity index (χ1n) is 9.29. The van der Waals surface area contributed by atoms with Gasteiger partial charge >= 0.3 is 0 Å². The number of pyridine rings is 1. The number of β-amino-alcohol motifs (C(OH)–C–C–N with tert-alkyl or cyclic N) is 1.